The quantitative estimate of drug-likeness (QED) is 0.786. The zero-order chi connectivity index (χ0) is 15.5. The van der Waals surface area contributed by atoms with E-state index in [1.54, 1.807) is 12.3 Å². The highest BCUT2D eigenvalue weighted by Gasteiger charge is 2.11. The van der Waals surface area contributed by atoms with E-state index in [1.807, 2.05) is 30.3 Å². The van der Waals surface area contributed by atoms with Crippen molar-refractivity contribution >= 4 is 5.82 Å². The van der Waals surface area contributed by atoms with E-state index in [2.05, 4.69) is 0 Å². The van der Waals surface area contributed by atoms with Gasteiger partial charge in [-0.2, -0.15) is 0 Å². The van der Waals surface area contributed by atoms with Crippen molar-refractivity contribution < 1.29 is 4.42 Å². The van der Waals surface area contributed by atoms with Crippen molar-refractivity contribution in [1.82, 2.24) is 9.13 Å². The Morgan fingerprint density at radius 1 is 0.955 bits per heavy atom. The molecule has 0 saturated heterocycles. The van der Waals surface area contributed by atoms with Crippen molar-refractivity contribution in [3.63, 3.8) is 0 Å². The minimum absolute atomic E-state index is 0.139. The molecular weight excluding hydrogens is 282 g/mol. The van der Waals surface area contributed by atoms with Gasteiger partial charge in [0.05, 0.1) is 25.6 Å². The van der Waals surface area contributed by atoms with Crippen LogP contribution in [0.5, 0.6) is 0 Å². The summed E-state index contributed by atoms with van der Waals surface area (Å²) < 4.78 is 7.52. The van der Waals surface area contributed by atoms with E-state index < -0.39 is 11.2 Å². The smallest absolute Gasteiger partial charge is 0.333 e. The number of hydrogen-bond acceptors (Lipinski definition) is 4. The number of furan rings is 1. The van der Waals surface area contributed by atoms with Gasteiger partial charge in [0.2, 0.25) is 0 Å². The van der Waals surface area contributed by atoms with E-state index in [0.717, 1.165) is 11.1 Å². The van der Waals surface area contributed by atoms with Crippen molar-refractivity contribution in [1.29, 1.82) is 0 Å². The van der Waals surface area contributed by atoms with Crippen LogP contribution in [0.25, 0.3) is 0 Å². The van der Waals surface area contributed by atoms with Crippen molar-refractivity contribution in [2.75, 3.05) is 5.73 Å². The summed E-state index contributed by atoms with van der Waals surface area (Å²) in [5.41, 5.74) is 6.66. The minimum atomic E-state index is -0.435. The van der Waals surface area contributed by atoms with Crippen LogP contribution in [-0.2, 0) is 13.1 Å². The molecule has 0 aliphatic carbocycles. The predicted octanol–water partition coefficient (Wildman–Crippen LogP) is 1.28. The van der Waals surface area contributed by atoms with Crippen molar-refractivity contribution in [3.05, 3.63) is 87.0 Å². The molecule has 22 heavy (non-hydrogen) atoms. The van der Waals surface area contributed by atoms with Gasteiger partial charge in [-0.05, 0) is 11.6 Å². The lowest BCUT2D eigenvalue weighted by Crippen LogP contribution is -2.40. The average Bonchev–Trinajstić information content (AvgIpc) is 3.02. The van der Waals surface area contributed by atoms with E-state index in [9.17, 15) is 9.59 Å². The van der Waals surface area contributed by atoms with Gasteiger partial charge < -0.3 is 10.2 Å². The Bertz CT molecular complexity index is 877. The molecule has 6 nitrogen and oxygen atoms in total. The van der Waals surface area contributed by atoms with Gasteiger partial charge in [0.25, 0.3) is 5.56 Å². The summed E-state index contributed by atoms with van der Waals surface area (Å²) in [4.78, 5) is 24.6. The molecule has 2 aromatic heterocycles. The molecule has 0 aliphatic rings. The maximum absolute atomic E-state index is 12.6. The van der Waals surface area contributed by atoms with Gasteiger partial charge in [-0.3, -0.25) is 13.9 Å². The normalized spacial score (nSPS) is 10.7. The van der Waals surface area contributed by atoms with Crippen LogP contribution in [0.3, 0.4) is 0 Å². The van der Waals surface area contributed by atoms with Gasteiger partial charge in [-0.1, -0.05) is 30.3 Å². The van der Waals surface area contributed by atoms with Crippen molar-refractivity contribution in [2.24, 2.45) is 0 Å². The predicted molar refractivity (Wildman–Crippen MR) is 82.7 cm³/mol. The van der Waals surface area contributed by atoms with Gasteiger partial charge in [0, 0.05) is 11.6 Å². The van der Waals surface area contributed by atoms with Gasteiger partial charge >= 0.3 is 5.69 Å². The first-order chi connectivity index (χ1) is 10.6. The monoisotopic (exact) mass is 297 g/mol. The molecular formula is C16H15N3O3. The molecule has 0 atom stereocenters. The fourth-order valence-electron chi connectivity index (χ4n) is 2.27. The molecule has 3 aromatic rings. The number of benzene rings is 1. The van der Waals surface area contributed by atoms with Gasteiger partial charge in [-0.25, -0.2) is 4.79 Å². The summed E-state index contributed by atoms with van der Waals surface area (Å²) >= 11 is 0. The maximum atomic E-state index is 12.6. The molecule has 0 unspecified atom stereocenters. The molecule has 3 rings (SSSR count). The Balaban J connectivity index is 2.03. The average molecular weight is 297 g/mol. The fourth-order valence-corrected chi connectivity index (χ4v) is 2.27. The topological polar surface area (TPSA) is 83.2 Å². The maximum Gasteiger partial charge on any atom is 0.333 e. The SMILES string of the molecule is Nc1cc(=O)n(Cc2ccccc2)c(=O)n1Cc1ccoc1. The number of nitrogens with zero attached hydrogens (tertiary/aromatic N) is 2. The second-order valence-corrected chi connectivity index (χ2v) is 4.98. The zero-order valence-electron chi connectivity index (χ0n) is 11.8. The molecule has 0 spiro atoms. The van der Waals surface area contributed by atoms with Crippen LogP contribution in [0.2, 0.25) is 0 Å². The largest absolute Gasteiger partial charge is 0.472 e. The summed E-state index contributed by atoms with van der Waals surface area (Å²) in [5.74, 6) is 0.139. The molecule has 1 aromatic carbocycles. The molecule has 0 radical (unpaired) electrons. The van der Waals surface area contributed by atoms with Crippen molar-refractivity contribution in [2.45, 2.75) is 13.1 Å². The van der Waals surface area contributed by atoms with Crippen LogP contribution in [0.4, 0.5) is 5.82 Å². The number of anilines is 1. The third kappa shape index (κ3) is 2.71. The highest BCUT2D eigenvalue weighted by atomic mass is 16.3. The number of rotatable bonds is 4. The molecule has 0 amide bonds. The van der Waals surface area contributed by atoms with E-state index in [4.69, 9.17) is 10.2 Å². The molecule has 0 fully saturated rings. The van der Waals surface area contributed by atoms with Gasteiger partial charge in [0.1, 0.15) is 5.82 Å². The molecule has 112 valence electrons. The summed E-state index contributed by atoms with van der Waals surface area (Å²) in [6.07, 6.45) is 3.06. The lowest BCUT2D eigenvalue weighted by atomic mass is 10.2. The summed E-state index contributed by atoms with van der Waals surface area (Å²) in [7, 11) is 0. The summed E-state index contributed by atoms with van der Waals surface area (Å²) in [6.45, 7) is 0.473. The highest BCUT2D eigenvalue weighted by Crippen LogP contribution is 2.05. The zero-order valence-corrected chi connectivity index (χ0v) is 11.8. The molecule has 0 saturated carbocycles. The number of hydrogen-bond donors (Lipinski definition) is 1. The van der Waals surface area contributed by atoms with Crippen LogP contribution in [-0.4, -0.2) is 9.13 Å². The molecule has 0 aliphatic heterocycles. The third-order valence-corrected chi connectivity index (χ3v) is 3.42. The van der Waals surface area contributed by atoms with Crippen LogP contribution in [0, 0.1) is 0 Å². The highest BCUT2D eigenvalue weighted by molar-refractivity contribution is 5.28. The van der Waals surface area contributed by atoms with E-state index in [0.29, 0.717) is 0 Å². The standard InChI is InChI=1S/C16H15N3O3/c17-14-8-15(20)19(9-12-4-2-1-3-5-12)16(21)18(14)10-13-6-7-22-11-13/h1-8,11H,9-10,17H2. The summed E-state index contributed by atoms with van der Waals surface area (Å²) in [6, 6.07) is 12.4. The fraction of sp³-hybridized carbons (Fsp3) is 0.125. The first-order valence-electron chi connectivity index (χ1n) is 6.80. The molecule has 0 bridgehead atoms. The van der Waals surface area contributed by atoms with Gasteiger partial charge in [0.15, 0.2) is 0 Å². The number of nitrogen functional groups attached to an aromatic ring is 1. The Hall–Kier alpha value is -3.02. The molecule has 2 N–H and O–H groups in total. The van der Waals surface area contributed by atoms with Crippen LogP contribution >= 0.6 is 0 Å². The van der Waals surface area contributed by atoms with E-state index in [1.165, 1.54) is 21.5 Å². The van der Waals surface area contributed by atoms with Crippen LogP contribution < -0.4 is 17.0 Å². The van der Waals surface area contributed by atoms with Gasteiger partial charge in [-0.15, -0.1) is 0 Å². The van der Waals surface area contributed by atoms with E-state index in [-0.39, 0.29) is 18.9 Å². The van der Waals surface area contributed by atoms with E-state index >= 15 is 0 Å². The lowest BCUT2D eigenvalue weighted by Gasteiger charge is -2.12. The lowest BCUT2D eigenvalue weighted by molar-refractivity contribution is 0.559. The van der Waals surface area contributed by atoms with Crippen LogP contribution in [0.15, 0.2) is 69.0 Å². The number of aromatic nitrogens is 2. The Morgan fingerprint density at radius 3 is 2.36 bits per heavy atom. The Labute approximate surface area is 126 Å². The Morgan fingerprint density at radius 2 is 1.68 bits per heavy atom. The molecule has 6 heteroatoms. The second kappa shape index (κ2) is 5.77. The van der Waals surface area contributed by atoms with Crippen molar-refractivity contribution in [3.8, 4) is 0 Å². The van der Waals surface area contributed by atoms with Crippen LogP contribution in [0.1, 0.15) is 11.1 Å². The minimum Gasteiger partial charge on any atom is -0.472 e. The number of nitrogens with two attached hydrogens (primary N) is 1. The first-order valence-corrected chi connectivity index (χ1v) is 6.80. The summed E-state index contributed by atoms with van der Waals surface area (Å²) in [5, 5.41) is 0. The Kier molecular flexibility index (Phi) is 3.65. The third-order valence-electron chi connectivity index (χ3n) is 3.42. The first kappa shape index (κ1) is 13.9. The second-order valence-electron chi connectivity index (χ2n) is 4.98. The molecule has 2 heterocycles.